The molecule has 0 saturated carbocycles. The lowest BCUT2D eigenvalue weighted by molar-refractivity contribution is 0.272. The monoisotopic (exact) mass is 435 g/mol. The SMILES string of the molecule is CCCCOc1ccc(/C=c2/sc3nc(-c4ccc(C)cc4)nn3c2=O)cc1OCC. The Labute approximate surface area is 184 Å². The molecule has 6 nitrogen and oxygen atoms in total. The first-order chi connectivity index (χ1) is 15.1. The van der Waals surface area contributed by atoms with E-state index in [4.69, 9.17) is 9.47 Å². The fourth-order valence-electron chi connectivity index (χ4n) is 3.14. The van der Waals surface area contributed by atoms with Crippen molar-refractivity contribution in [1.82, 2.24) is 14.6 Å². The molecule has 4 rings (SSSR count). The number of aryl methyl sites for hydroxylation is 1. The Hall–Kier alpha value is -3.19. The third-order valence-electron chi connectivity index (χ3n) is 4.81. The van der Waals surface area contributed by atoms with Crippen LogP contribution in [0.3, 0.4) is 0 Å². The van der Waals surface area contributed by atoms with E-state index < -0.39 is 0 Å². The molecule has 0 amide bonds. The highest BCUT2D eigenvalue weighted by atomic mass is 32.1. The third kappa shape index (κ3) is 4.61. The number of hydrogen-bond donors (Lipinski definition) is 0. The smallest absolute Gasteiger partial charge is 0.291 e. The number of aromatic nitrogens is 3. The molecule has 7 heteroatoms. The van der Waals surface area contributed by atoms with Crippen LogP contribution in [0.1, 0.15) is 37.8 Å². The van der Waals surface area contributed by atoms with Crippen molar-refractivity contribution in [3.63, 3.8) is 0 Å². The number of thiazole rings is 1. The summed E-state index contributed by atoms with van der Waals surface area (Å²) in [7, 11) is 0. The van der Waals surface area contributed by atoms with Crippen molar-refractivity contribution in [2.75, 3.05) is 13.2 Å². The summed E-state index contributed by atoms with van der Waals surface area (Å²) in [6, 6.07) is 13.7. The fourth-order valence-corrected chi connectivity index (χ4v) is 4.05. The van der Waals surface area contributed by atoms with Gasteiger partial charge < -0.3 is 9.47 Å². The highest BCUT2D eigenvalue weighted by molar-refractivity contribution is 7.15. The average Bonchev–Trinajstić information content (AvgIpc) is 3.30. The number of fused-ring (bicyclic) bond motifs is 1. The quantitative estimate of drug-likeness (QED) is 0.387. The van der Waals surface area contributed by atoms with Crippen LogP contribution in [0.25, 0.3) is 22.4 Å². The van der Waals surface area contributed by atoms with Crippen LogP contribution in [-0.4, -0.2) is 27.8 Å². The molecule has 160 valence electrons. The van der Waals surface area contributed by atoms with E-state index in [1.54, 1.807) is 0 Å². The van der Waals surface area contributed by atoms with Crippen LogP contribution < -0.4 is 19.6 Å². The lowest BCUT2D eigenvalue weighted by Crippen LogP contribution is -2.23. The van der Waals surface area contributed by atoms with Crippen molar-refractivity contribution >= 4 is 22.4 Å². The van der Waals surface area contributed by atoms with Gasteiger partial charge >= 0.3 is 0 Å². The Morgan fingerprint density at radius 3 is 2.58 bits per heavy atom. The van der Waals surface area contributed by atoms with Crippen molar-refractivity contribution in [1.29, 1.82) is 0 Å². The van der Waals surface area contributed by atoms with Crippen molar-refractivity contribution in [2.24, 2.45) is 0 Å². The van der Waals surface area contributed by atoms with Gasteiger partial charge in [0, 0.05) is 5.56 Å². The van der Waals surface area contributed by atoms with Crippen molar-refractivity contribution in [3.8, 4) is 22.9 Å². The molecule has 0 N–H and O–H groups in total. The number of nitrogens with zero attached hydrogens (tertiary/aromatic N) is 3. The molecule has 0 bridgehead atoms. The average molecular weight is 436 g/mol. The van der Waals surface area contributed by atoms with Gasteiger partial charge in [0.15, 0.2) is 17.3 Å². The maximum absolute atomic E-state index is 12.9. The largest absolute Gasteiger partial charge is 0.490 e. The predicted octanol–water partition coefficient (Wildman–Crippen LogP) is 4.25. The van der Waals surface area contributed by atoms with Gasteiger partial charge in [0.05, 0.1) is 17.7 Å². The minimum atomic E-state index is -0.174. The van der Waals surface area contributed by atoms with E-state index in [0.717, 1.165) is 29.7 Å². The molecule has 0 saturated heterocycles. The minimum absolute atomic E-state index is 0.174. The lowest BCUT2D eigenvalue weighted by atomic mass is 10.1. The second-order valence-corrected chi connectivity index (χ2v) is 8.26. The molecule has 0 fully saturated rings. The van der Waals surface area contributed by atoms with E-state index in [1.807, 2.05) is 62.4 Å². The molecule has 0 spiro atoms. The molecule has 0 radical (unpaired) electrons. The van der Waals surface area contributed by atoms with Crippen LogP contribution in [0.4, 0.5) is 0 Å². The molecule has 0 aliphatic heterocycles. The standard InChI is InChI=1S/C24H25N3O3S/c1-4-6-13-30-19-12-9-17(14-20(19)29-5-2)15-21-23(28)27-24(31-21)25-22(26-27)18-10-7-16(3)8-11-18/h7-12,14-15H,4-6,13H2,1-3H3/b21-15+. The van der Waals surface area contributed by atoms with Gasteiger partial charge in [-0.15, -0.1) is 5.10 Å². The van der Waals surface area contributed by atoms with Gasteiger partial charge in [0.2, 0.25) is 4.96 Å². The Morgan fingerprint density at radius 2 is 1.87 bits per heavy atom. The molecule has 2 aromatic carbocycles. The topological polar surface area (TPSA) is 65.7 Å². The summed E-state index contributed by atoms with van der Waals surface area (Å²) in [6.07, 6.45) is 3.90. The van der Waals surface area contributed by atoms with Gasteiger partial charge in [-0.1, -0.05) is 60.6 Å². The van der Waals surface area contributed by atoms with E-state index in [0.29, 0.717) is 34.3 Å². The Balaban J connectivity index is 1.66. The van der Waals surface area contributed by atoms with Gasteiger partial charge in [0.25, 0.3) is 5.56 Å². The third-order valence-corrected chi connectivity index (χ3v) is 5.77. The minimum Gasteiger partial charge on any atom is -0.490 e. The molecule has 2 heterocycles. The second-order valence-electron chi connectivity index (χ2n) is 7.25. The summed E-state index contributed by atoms with van der Waals surface area (Å²) in [5.41, 5.74) is 2.75. The van der Waals surface area contributed by atoms with Crippen molar-refractivity contribution in [2.45, 2.75) is 33.6 Å². The summed E-state index contributed by atoms with van der Waals surface area (Å²) in [5.74, 6) is 1.96. The highest BCUT2D eigenvalue weighted by Crippen LogP contribution is 2.29. The summed E-state index contributed by atoms with van der Waals surface area (Å²) < 4.78 is 13.5. The molecular weight excluding hydrogens is 410 g/mol. The lowest BCUT2D eigenvalue weighted by Gasteiger charge is -2.12. The van der Waals surface area contributed by atoms with Crippen LogP contribution in [0, 0.1) is 6.92 Å². The molecule has 0 aliphatic rings. The summed E-state index contributed by atoms with van der Waals surface area (Å²) in [5, 5.41) is 4.42. The first-order valence-corrected chi connectivity index (χ1v) is 11.3. The van der Waals surface area contributed by atoms with Crippen molar-refractivity contribution in [3.05, 3.63) is 68.5 Å². The predicted molar refractivity (Wildman–Crippen MR) is 124 cm³/mol. The number of hydrogen-bond acceptors (Lipinski definition) is 6. The zero-order valence-electron chi connectivity index (χ0n) is 17.9. The van der Waals surface area contributed by atoms with E-state index in [9.17, 15) is 4.79 Å². The van der Waals surface area contributed by atoms with Crippen LogP contribution >= 0.6 is 11.3 Å². The number of unbranched alkanes of at least 4 members (excludes halogenated alkanes) is 1. The fraction of sp³-hybridized carbons (Fsp3) is 0.292. The molecule has 0 atom stereocenters. The van der Waals surface area contributed by atoms with Gasteiger partial charge in [-0.2, -0.15) is 9.50 Å². The van der Waals surface area contributed by atoms with E-state index >= 15 is 0 Å². The maximum Gasteiger partial charge on any atom is 0.291 e. The normalized spacial score (nSPS) is 11.9. The van der Waals surface area contributed by atoms with Crippen LogP contribution in [0.15, 0.2) is 47.3 Å². The van der Waals surface area contributed by atoms with Crippen molar-refractivity contribution < 1.29 is 9.47 Å². The molecule has 0 unspecified atom stereocenters. The Bertz CT molecular complexity index is 1290. The van der Waals surface area contributed by atoms with E-state index in [2.05, 4.69) is 17.0 Å². The molecular formula is C24H25N3O3S. The van der Waals surface area contributed by atoms with Crippen LogP contribution in [0.2, 0.25) is 0 Å². The highest BCUT2D eigenvalue weighted by Gasteiger charge is 2.12. The van der Waals surface area contributed by atoms with E-state index in [-0.39, 0.29) is 5.56 Å². The maximum atomic E-state index is 12.9. The first-order valence-electron chi connectivity index (χ1n) is 10.5. The van der Waals surface area contributed by atoms with Crippen LogP contribution in [-0.2, 0) is 0 Å². The van der Waals surface area contributed by atoms with Crippen LogP contribution in [0.5, 0.6) is 11.5 Å². The summed E-state index contributed by atoms with van der Waals surface area (Å²) in [6.45, 7) is 7.29. The second kappa shape index (κ2) is 9.31. The number of rotatable bonds is 8. The molecule has 31 heavy (non-hydrogen) atoms. The van der Waals surface area contributed by atoms with Gasteiger partial charge in [-0.05, 0) is 44.0 Å². The molecule has 4 aromatic rings. The van der Waals surface area contributed by atoms with E-state index in [1.165, 1.54) is 21.4 Å². The number of ether oxygens (including phenoxy) is 2. The zero-order valence-corrected chi connectivity index (χ0v) is 18.7. The van der Waals surface area contributed by atoms with Gasteiger partial charge in [0.1, 0.15) is 0 Å². The molecule has 2 aromatic heterocycles. The van der Waals surface area contributed by atoms with Gasteiger partial charge in [-0.25, -0.2) is 0 Å². The zero-order chi connectivity index (χ0) is 21.8. The Morgan fingerprint density at radius 1 is 1.06 bits per heavy atom. The summed E-state index contributed by atoms with van der Waals surface area (Å²) >= 11 is 1.33. The first kappa shape index (κ1) is 21.1. The Kier molecular flexibility index (Phi) is 6.32. The number of benzene rings is 2. The molecule has 0 aliphatic carbocycles. The summed E-state index contributed by atoms with van der Waals surface area (Å²) in [4.78, 5) is 18.0. The van der Waals surface area contributed by atoms with Gasteiger partial charge in [-0.3, -0.25) is 4.79 Å².